The van der Waals surface area contributed by atoms with Crippen molar-refractivity contribution < 1.29 is 4.79 Å². The Morgan fingerprint density at radius 1 is 1.45 bits per heavy atom. The van der Waals surface area contributed by atoms with Crippen molar-refractivity contribution in [1.82, 2.24) is 10.6 Å². The van der Waals surface area contributed by atoms with Crippen molar-refractivity contribution in [3.05, 3.63) is 29.3 Å². The van der Waals surface area contributed by atoms with Crippen LogP contribution in [0, 0.1) is 0 Å². The second kappa shape index (κ2) is 9.50. The molecule has 1 aromatic carbocycles. The van der Waals surface area contributed by atoms with Crippen LogP contribution in [-0.2, 0) is 4.79 Å². The molecule has 112 valence electrons. The number of nitrogens with one attached hydrogen (secondary N) is 2. The van der Waals surface area contributed by atoms with Crippen LogP contribution >= 0.6 is 35.8 Å². The summed E-state index contributed by atoms with van der Waals surface area (Å²) < 4.78 is 0. The van der Waals surface area contributed by atoms with Crippen LogP contribution in [0.3, 0.4) is 0 Å². The van der Waals surface area contributed by atoms with E-state index in [4.69, 9.17) is 11.6 Å². The molecule has 0 radical (unpaired) electrons. The summed E-state index contributed by atoms with van der Waals surface area (Å²) in [7, 11) is 0. The summed E-state index contributed by atoms with van der Waals surface area (Å²) >= 11 is 7.68. The van der Waals surface area contributed by atoms with Gasteiger partial charge in [0.15, 0.2) is 0 Å². The highest BCUT2D eigenvalue weighted by atomic mass is 35.5. The van der Waals surface area contributed by atoms with Gasteiger partial charge in [0.2, 0.25) is 5.91 Å². The molecular weight excluding hydrogens is 315 g/mol. The largest absolute Gasteiger partial charge is 0.355 e. The first kappa shape index (κ1) is 17.6. The third-order valence-electron chi connectivity index (χ3n) is 3.13. The van der Waals surface area contributed by atoms with Crippen molar-refractivity contribution in [3.8, 4) is 0 Å². The first-order valence-electron chi connectivity index (χ1n) is 6.63. The zero-order chi connectivity index (χ0) is 13.5. The van der Waals surface area contributed by atoms with Gasteiger partial charge in [0, 0.05) is 29.7 Å². The standard InChI is InChI=1S/C14H19ClN2OS.ClH/c15-12-5-1-2-6-13(12)19-9-7-14(18)17-10-11-4-3-8-16-11;/h1-2,5-6,11,16H,3-4,7-10H2,(H,17,18);1H. The molecule has 1 aliphatic heterocycles. The molecule has 1 heterocycles. The van der Waals surface area contributed by atoms with Gasteiger partial charge in [-0.3, -0.25) is 4.79 Å². The molecule has 20 heavy (non-hydrogen) atoms. The molecule has 2 N–H and O–H groups in total. The van der Waals surface area contributed by atoms with Crippen LogP contribution in [0.25, 0.3) is 0 Å². The zero-order valence-corrected chi connectivity index (χ0v) is 13.6. The number of benzene rings is 1. The topological polar surface area (TPSA) is 41.1 Å². The fraction of sp³-hybridized carbons (Fsp3) is 0.500. The minimum absolute atomic E-state index is 0. The van der Waals surface area contributed by atoms with E-state index < -0.39 is 0 Å². The highest BCUT2D eigenvalue weighted by molar-refractivity contribution is 7.99. The Hall–Kier alpha value is -0.420. The number of halogens is 2. The maximum Gasteiger partial charge on any atom is 0.220 e. The highest BCUT2D eigenvalue weighted by Gasteiger charge is 2.14. The van der Waals surface area contributed by atoms with Gasteiger partial charge >= 0.3 is 0 Å². The molecule has 1 unspecified atom stereocenters. The molecular formula is C14H20Cl2N2OS. The molecule has 1 atom stereocenters. The first-order chi connectivity index (χ1) is 9.25. The maximum atomic E-state index is 11.7. The normalized spacial score (nSPS) is 17.6. The summed E-state index contributed by atoms with van der Waals surface area (Å²) in [4.78, 5) is 12.7. The molecule has 1 aliphatic rings. The monoisotopic (exact) mass is 334 g/mol. The van der Waals surface area contributed by atoms with Crippen LogP contribution in [0.2, 0.25) is 5.02 Å². The average Bonchev–Trinajstić information content (AvgIpc) is 2.92. The lowest BCUT2D eigenvalue weighted by atomic mass is 10.2. The van der Waals surface area contributed by atoms with Crippen molar-refractivity contribution in [2.45, 2.75) is 30.2 Å². The van der Waals surface area contributed by atoms with Gasteiger partial charge in [0.25, 0.3) is 0 Å². The maximum absolute atomic E-state index is 11.7. The summed E-state index contributed by atoms with van der Waals surface area (Å²) in [6.45, 7) is 1.82. The highest BCUT2D eigenvalue weighted by Crippen LogP contribution is 2.26. The quantitative estimate of drug-likeness (QED) is 0.785. The van der Waals surface area contributed by atoms with Gasteiger partial charge in [0.1, 0.15) is 0 Å². The van der Waals surface area contributed by atoms with Crippen LogP contribution in [0.1, 0.15) is 19.3 Å². The first-order valence-corrected chi connectivity index (χ1v) is 7.99. The van der Waals surface area contributed by atoms with E-state index in [1.165, 1.54) is 6.42 Å². The Kier molecular flexibility index (Phi) is 8.38. The zero-order valence-electron chi connectivity index (χ0n) is 11.2. The van der Waals surface area contributed by atoms with Crippen LogP contribution in [0.4, 0.5) is 0 Å². The predicted molar refractivity (Wildman–Crippen MR) is 88.1 cm³/mol. The lowest BCUT2D eigenvalue weighted by Gasteiger charge is -2.11. The number of thioether (sulfide) groups is 1. The number of carbonyl (C=O) groups excluding carboxylic acids is 1. The van der Waals surface area contributed by atoms with Crippen molar-refractivity contribution in [3.63, 3.8) is 0 Å². The molecule has 0 bridgehead atoms. The van der Waals surface area contributed by atoms with E-state index in [1.54, 1.807) is 11.8 Å². The summed E-state index contributed by atoms with van der Waals surface area (Å²) in [5, 5.41) is 7.09. The van der Waals surface area contributed by atoms with E-state index in [2.05, 4.69) is 10.6 Å². The summed E-state index contributed by atoms with van der Waals surface area (Å²) in [6.07, 6.45) is 2.90. The van der Waals surface area contributed by atoms with Gasteiger partial charge < -0.3 is 10.6 Å². The predicted octanol–water partition coefficient (Wildman–Crippen LogP) is 3.11. The number of rotatable bonds is 6. The van der Waals surface area contributed by atoms with E-state index in [9.17, 15) is 4.79 Å². The van der Waals surface area contributed by atoms with E-state index in [0.29, 0.717) is 12.5 Å². The number of hydrogen-bond acceptors (Lipinski definition) is 3. The van der Waals surface area contributed by atoms with Crippen molar-refractivity contribution >= 4 is 41.7 Å². The molecule has 1 fully saturated rings. The average molecular weight is 335 g/mol. The van der Waals surface area contributed by atoms with Crippen LogP contribution in [-0.4, -0.2) is 30.8 Å². The van der Waals surface area contributed by atoms with E-state index in [1.807, 2.05) is 24.3 Å². The molecule has 0 spiro atoms. The van der Waals surface area contributed by atoms with Gasteiger partial charge in [-0.25, -0.2) is 0 Å². The van der Waals surface area contributed by atoms with Gasteiger partial charge in [-0.1, -0.05) is 23.7 Å². The molecule has 0 saturated carbocycles. The van der Waals surface area contributed by atoms with Crippen LogP contribution in [0.5, 0.6) is 0 Å². The summed E-state index contributed by atoms with van der Waals surface area (Å²) in [5.74, 6) is 0.876. The fourth-order valence-electron chi connectivity index (χ4n) is 2.07. The van der Waals surface area contributed by atoms with Crippen LogP contribution in [0.15, 0.2) is 29.2 Å². The third-order valence-corrected chi connectivity index (χ3v) is 4.65. The summed E-state index contributed by atoms with van der Waals surface area (Å²) in [5.41, 5.74) is 0. The number of amides is 1. The number of carbonyl (C=O) groups is 1. The van der Waals surface area contributed by atoms with Crippen molar-refractivity contribution in [1.29, 1.82) is 0 Å². The van der Waals surface area contributed by atoms with Gasteiger partial charge in [0.05, 0.1) is 5.02 Å². The Morgan fingerprint density at radius 2 is 2.25 bits per heavy atom. The molecule has 2 rings (SSSR count). The minimum Gasteiger partial charge on any atom is -0.355 e. The second-order valence-corrected chi connectivity index (χ2v) is 6.17. The van der Waals surface area contributed by atoms with Crippen molar-refractivity contribution in [2.24, 2.45) is 0 Å². The molecule has 3 nitrogen and oxygen atoms in total. The molecule has 1 saturated heterocycles. The van der Waals surface area contributed by atoms with Gasteiger partial charge in [-0.05, 0) is 31.5 Å². The molecule has 1 amide bonds. The summed E-state index contributed by atoms with van der Waals surface area (Å²) in [6, 6.07) is 8.18. The molecule has 0 aliphatic carbocycles. The van der Waals surface area contributed by atoms with E-state index in [0.717, 1.165) is 35.2 Å². The van der Waals surface area contributed by atoms with E-state index in [-0.39, 0.29) is 18.3 Å². The van der Waals surface area contributed by atoms with Crippen LogP contribution < -0.4 is 10.6 Å². The van der Waals surface area contributed by atoms with Crippen molar-refractivity contribution in [2.75, 3.05) is 18.8 Å². The van der Waals surface area contributed by atoms with E-state index >= 15 is 0 Å². The minimum atomic E-state index is 0. The van der Waals surface area contributed by atoms with Gasteiger partial charge in [-0.2, -0.15) is 0 Å². The molecule has 6 heteroatoms. The lowest BCUT2D eigenvalue weighted by molar-refractivity contribution is -0.120. The fourth-order valence-corrected chi connectivity index (χ4v) is 3.26. The SMILES string of the molecule is Cl.O=C(CCSc1ccccc1Cl)NCC1CCCN1. The molecule has 1 aromatic rings. The smallest absolute Gasteiger partial charge is 0.220 e. The van der Waals surface area contributed by atoms with Gasteiger partial charge in [-0.15, -0.1) is 24.2 Å². The Bertz CT molecular complexity index is 425. The second-order valence-electron chi connectivity index (χ2n) is 4.63. The Labute approximate surface area is 135 Å². The lowest BCUT2D eigenvalue weighted by Crippen LogP contribution is -2.37. The Morgan fingerprint density at radius 3 is 2.95 bits per heavy atom. The third kappa shape index (κ3) is 5.92. The molecule has 0 aromatic heterocycles. The Balaban J connectivity index is 0.00000200. The number of hydrogen-bond donors (Lipinski definition) is 2.